The second-order valence-electron chi connectivity index (χ2n) is 5.80. The minimum atomic E-state index is -3.63. The zero-order valence-corrected chi connectivity index (χ0v) is 16.1. The van der Waals surface area contributed by atoms with Gasteiger partial charge in [-0.05, 0) is 42.9 Å². The molecule has 0 aliphatic heterocycles. The first-order chi connectivity index (χ1) is 12.9. The summed E-state index contributed by atoms with van der Waals surface area (Å²) < 4.78 is 31.4. The first-order valence-corrected chi connectivity index (χ1v) is 9.78. The van der Waals surface area contributed by atoms with Crippen LogP contribution in [0.15, 0.2) is 47.4 Å². The Labute approximate surface area is 159 Å². The van der Waals surface area contributed by atoms with Crippen molar-refractivity contribution in [2.75, 3.05) is 43.7 Å². The van der Waals surface area contributed by atoms with Gasteiger partial charge in [0.2, 0.25) is 15.9 Å². The van der Waals surface area contributed by atoms with Gasteiger partial charge < -0.3 is 21.1 Å². The van der Waals surface area contributed by atoms with Crippen molar-refractivity contribution in [1.82, 2.24) is 4.72 Å². The molecule has 0 saturated carbocycles. The average Bonchev–Trinajstić information content (AvgIpc) is 2.64. The first kappa shape index (κ1) is 20.7. The van der Waals surface area contributed by atoms with Crippen molar-refractivity contribution >= 4 is 33.0 Å². The Morgan fingerprint density at radius 3 is 2.44 bits per heavy atom. The highest BCUT2D eigenvalue weighted by atomic mass is 32.2. The fraction of sp³-hybridized carbons (Fsp3) is 0.278. The summed E-state index contributed by atoms with van der Waals surface area (Å²) in [4.78, 5) is 12.5. The number of carbonyl (C=O) groups excluding carboxylic acids is 1. The smallest absolute Gasteiger partial charge is 0.240 e. The molecule has 0 aliphatic rings. The molecule has 2 rings (SSSR count). The number of nitrogen functional groups attached to an aromatic ring is 1. The molecule has 0 aromatic heterocycles. The number of nitrogens with one attached hydrogen (secondary N) is 3. The van der Waals surface area contributed by atoms with Gasteiger partial charge in [0.05, 0.1) is 29.3 Å². The average molecular weight is 392 g/mol. The van der Waals surface area contributed by atoms with Crippen LogP contribution in [0, 0.1) is 0 Å². The van der Waals surface area contributed by atoms with E-state index in [1.54, 1.807) is 37.4 Å². The van der Waals surface area contributed by atoms with Gasteiger partial charge in [-0.25, -0.2) is 13.1 Å². The molecule has 0 atom stereocenters. The summed E-state index contributed by atoms with van der Waals surface area (Å²) in [5, 5.41) is 5.89. The van der Waals surface area contributed by atoms with Crippen molar-refractivity contribution < 1.29 is 17.9 Å². The molecule has 0 fully saturated rings. The SMILES string of the molecule is CNS(=O)(=O)c1ccc(NCCOC)c(NC(=O)Cc2ccc(N)cc2)c1. The minimum Gasteiger partial charge on any atom is -0.399 e. The molecule has 0 saturated heterocycles. The first-order valence-electron chi connectivity index (χ1n) is 8.30. The van der Waals surface area contributed by atoms with Crippen molar-refractivity contribution in [2.45, 2.75) is 11.3 Å². The zero-order valence-electron chi connectivity index (χ0n) is 15.3. The molecule has 9 heteroatoms. The minimum absolute atomic E-state index is 0.0603. The number of hydrogen-bond acceptors (Lipinski definition) is 6. The van der Waals surface area contributed by atoms with E-state index in [1.807, 2.05) is 0 Å². The van der Waals surface area contributed by atoms with Crippen molar-refractivity contribution in [3.05, 3.63) is 48.0 Å². The van der Waals surface area contributed by atoms with Crippen molar-refractivity contribution in [3.8, 4) is 0 Å². The van der Waals surface area contributed by atoms with Gasteiger partial charge in [-0.2, -0.15) is 0 Å². The molecular formula is C18H24N4O4S. The maximum atomic E-state index is 12.4. The molecule has 0 radical (unpaired) electrons. The van der Waals surface area contributed by atoms with E-state index >= 15 is 0 Å². The third-order valence-electron chi connectivity index (χ3n) is 3.81. The number of methoxy groups -OCH3 is 1. The van der Waals surface area contributed by atoms with Crippen LogP contribution in [0.25, 0.3) is 0 Å². The highest BCUT2D eigenvalue weighted by Gasteiger charge is 2.15. The van der Waals surface area contributed by atoms with Crippen LogP contribution in [-0.2, 0) is 26.0 Å². The van der Waals surface area contributed by atoms with E-state index in [9.17, 15) is 13.2 Å². The van der Waals surface area contributed by atoms with E-state index in [1.165, 1.54) is 19.2 Å². The van der Waals surface area contributed by atoms with Crippen LogP contribution < -0.4 is 21.1 Å². The van der Waals surface area contributed by atoms with Crippen molar-refractivity contribution in [2.24, 2.45) is 0 Å². The number of benzene rings is 2. The Kier molecular flexibility index (Phi) is 7.17. The van der Waals surface area contributed by atoms with Crippen LogP contribution >= 0.6 is 0 Å². The Balaban J connectivity index is 2.22. The largest absolute Gasteiger partial charge is 0.399 e. The van der Waals surface area contributed by atoms with Crippen molar-refractivity contribution in [1.29, 1.82) is 0 Å². The standard InChI is InChI=1S/C18H24N4O4S/c1-20-27(24,25)15-7-8-16(21-9-10-26-2)17(12-15)22-18(23)11-13-3-5-14(19)6-4-13/h3-8,12,20-21H,9-11,19H2,1-2H3,(H,22,23). The number of amides is 1. The molecule has 0 aliphatic carbocycles. The molecule has 5 N–H and O–H groups in total. The Hall–Kier alpha value is -2.62. The molecular weight excluding hydrogens is 368 g/mol. The summed E-state index contributed by atoms with van der Waals surface area (Å²) in [5.41, 5.74) is 8.05. The van der Waals surface area contributed by atoms with Crippen molar-refractivity contribution in [3.63, 3.8) is 0 Å². The molecule has 0 heterocycles. The quantitative estimate of drug-likeness (QED) is 0.378. The summed E-state index contributed by atoms with van der Waals surface area (Å²) >= 11 is 0. The van der Waals surface area contributed by atoms with Gasteiger partial charge in [0, 0.05) is 19.3 Å². The lowest BCUT2D eigenvalue weighted by molar-refractivity contribution is -0.115. The van der Waals surface area contributed by atoms with E-state index in [0.29, 0.717) is 30.2 Å². The second kappa shape index (κ2) is 9.36. The third kappa shape index (κ3) is 5.95. The van der Waals surface area contributed by atoms with Crippen LogP contribution in [0.5, 0.6) is 0 Å². The fourth-order valence-corrected chi connectivity index (χ4v) is 3.12. The number of anilines is 3. The van der Waals surface area contributed by atoms with Crippen LogP contribution in [-0.4, -0.2) is 41.6 Å². The second-order valence-corrected chi connectivity index (χ2v) is 7.69. The maximum absolute atomic E-state index is 12.4. The molecule has 146 valence electrons. The molecule has 0 bridgehead atoms. The Morgan fingerprint density at radius 2 is 1.81 bits per heavy atom. The predicted molar refractivity (Wildman–Crippen MR) is 106 cm³/mol. The van der Waals surface area contributed by atoms with Gasteiger partial charge in [0.1, 0.15) is 0 Å². The van der Waals surface area contributed by atoms with E-state index in [-0.39, 0.29) is 17.2 Å². The monoisotopic (exact) mass is 392 g/mol. The van der Waals surface area contributed by atoms with Gasteiger partial charge in [-0.15, -0.1) is 0 Å². The summed E-state index contributed by atoms with van der Waals surface area (Å²) in [6.45, 7) is 0.977. The predicted octanol–water partition coefficient (Wildman–Crippen LogP) is 1.42. The topological polar surface area (TPSA) is 123 Å². The lowest BCUT2D eigenvalue weighted by Crippen LogP contribution is -2.20. The van der Waals surface area contributed by atoms with Gasteiger partial charge in [0.15, 0.2) is 0 Å². The third-order valence-corrected chi connectivity index (χ3v) is 5.22. The number of ether oxygens (including phenoxy) is 1. The highest BCUT2D eigenvalue weighted by Crippen LogP contribution is 2.26. The van der Waals surface area contributed by atoms with Crippen LogP contribution in [0.4, 0.5) is 17.1 Å². The summed E-state index contributed by atoms with van der Waals surface area (Å²) in [6, 6.07) is 11.5. The lowest BCUT2D eigenvalue weighted by Gasteiger charge is -2.15. The summed E-state index contributed by atoms with van der Waals surface area (Å²) in [7, 11) is -0.714. The van der Waals surface area contributed by atoms with Gasteiger partial charge in [0.25, 0.3) is 0 Å². The normalized spacial score (nSPS) is 11.2. The van der Waals surface area contributed by atoms with E-state index in [2.05, 4.69) is 15.4 Å². The highest BCUT2D eigenvalue weighted by molar-refractivity contribution is 7.89. The van der Waals surface area contributed by atoms with Gasteiger partial charge in [-0.3, -0.25) is 4.79 Å². The number of carbonyl (C=O) groups is 1. The number of rotatable bonds is 9. The number of sulfonamides is 1. The molecule has 2 aromatic carbocycles. The maximum Gasteiger partial charge on any atom is 0.240 e. The van der Waals surface area contributed by atoms with E-state index in [4.69, 9.17) is 10.5 Å². The molecule has 27 heavy (non-hydrogen) atoms. The van der Waals surface area contributed by atoms with E-state index in [0.717, 1.165) is 5.56 Å². The molecule has 0 spiro atoms. The summed E-state index contributed by atoms with van der Waals surface area (Å²) in [5.74, 6) is -0.270. The summed E-state index contributed by atoms with van der Waals surface area (Å²) in [6.07, 6.45) is 0.140. The Morgan fingerprint density at radius 1 is 1.11 bits per heavy atom. The van der Waals surface area contributed by atoms with Gasteiger partial charge in [-0.1, -0.05) is 12.1 Å². The molecule has 0 unspecified atom stereocenters. The van der Waals surface area contributed by atoms with Gasteiger partial charge >= 0.3 is 0 Å². The molecule has 8 nitrogen and oxygen atoms in total. The number of nitrogens with two attached hydrogens (primary N) is 1. The lowest BCUT2D eigenvalue weighted by atomic mass is 10.1. The van der Waals surface area contributed by atoms with Crippen LogP contribution in [0.2, 0.25) is 0 Å². The molecule has 2 aromatic rings. The van der Waals surface area contributed by atoms with E-state index < -0.39 is 10.0 Å². The van der Waals surface area contributed by atoms with Crippen LogP contribution in [0.3, 0.4) is 0 Å². The van der Waals surface area contributed by atoms with Crippen LogP contribution in [0.1, 0.15) is 5.56 Å². The molecule has 1 amide bonds. The Bertz CT molecular complexity index is 883. The number of hydrogen-bond donors (Lipinski definition) is 4. The fourth-order valence-electron chi connectivity index (χ4n) is 2.37. The zero-order chi connectivity index (χ0) is 19.9.